The fourth-order valence-corrected chi connectivity index (χ4v) is 2.87. The zero-order valence-electron chi connectivity index (χ0n) is 11.4. The van der Waals surface area contributed by atoms with E-state index in [4.69, 9.17) is 11.6 Å². The summed E-state index contributed by atoms with van der Waals surface area (Å²) in [6, 6.07) is 7.94. The van der Waals surface area contributed by atoms with Crippen molar-refractivity contribution in [2.45, 2.75) is 25.8 Å². The molecule has 2 aliphatic rings. The van der Waals surface area contributed by atoms with Crippen LogP contribution in [0.5, 0.6) is 0 Å². The third-order valence-electron chi connectivity index (χ3n) is 3.96. The van der Waals surface area contributed by atoms with Gasteiger partial charge in [-0.2, -0.15) is 4.98 Å². The van der Waals surface area contributed by atoms with Gasteiger partial charge < -0.3 is 0 Å². The van der Waals surface area contributed by atoms with Crippen molar-refractivity contribution in [3.63, 3.8) is 0 Å². The highest BCUT2D eigenvalue weighted by Gasteiger charge is 2.19. The minimum Gasteiger partial charge on any atom is -0.291 e. The van der Waals surface area contributed by atoms with Gasteiger partial charge in [0.15, 0.2) is 0 Å². The molecule has 4 heteroatoms. The highest BCUT2D eigenvalue weighted by atomic mass is 35.5. The molecule has 0 unspecified atom stereocenters. The fourth-order valence-electron chi connectivity index (χ4n) is 2.69. The number of hydrogen-bond donors (Lipinski definition) is 0. The van der Waals surface area contributed by atoms with Crippen LogP contribution < -0.4 is 5.69 Å². The first kappa shape index (κ1) is 12.7. The zero-order valence-corrected chi connectivity index (χ0v) is 12.2. The summed E-state index contributed by atoms with van der Waals surface area (Å²) in [4.78, 5) is 15.7. The van der Waals surface area contributed by atoms with Crippen molar-refractivity contribution in [3.8, 4) is 23.1 Å². The SMILES string of the molecule is O=c1nc(Cl)cc2n1CCc1cc(C#CC3CC3)ccc1-2. The average Bonchev–Trinajstić information content (AvgIpc) is 3.28. The summed E-state index contributed by atoms with van der Waals surface area (Å²) < 4.78 is 1.68. The quantitative estimate of drug-likeness (QED) is 0.553. The van der Waals surface area contributed by atoms with E-state index in [0.29, 0.717) is 12.5 Å². The van der Waals surface area contributed by atoms with Gasteiger partial charge in [0.05, 0.1) is 5.69 Å². The Kier molecular flexibility index (Phi) is 2.87. The molecule has 0 saturated heterocycles. The van der Waals surface area contributed by atoms with Crippen LogP contribution in [0.1, 0.15) is 24.0 Å². The fraction of sp³-hybridized carbons (Fsp3) is 0.294. The largest absolute Gasteiger partial charge is 0.349 e. The van der Waals surface area contributed by atoms with E-state index in [2.05, 4.69) is 22.9 Å². The third kappa shape index (κ3) is 2.36. The molecule has 1 aliphatic heterocycles. The van der Waals surface area contributed by atoms with Gasteiger partial charge >= 0.3 is 5.69 Å². The van der Waals surface area contributed by atoms with E-state index in [1.807, 2.05) is 12.1 Å². The number of hydrogen-bond acceptors (Lipinski definition) is 2. The molecule has 2 heterocycles. The first-order valence-corrected chi connectivity index (χ1v) is 7.51. The summed E-state index contributed by atoms with van der Waals surface area (Å²) in [6.07, 6.45) is 3.30. The van der Waals surface area contributed by atoms with Gasteiger partial charge in [0, 0.05) is 29.7 Å². The van der Waals surface area contributed by atoms with E-state index in [1.165, 1.54) is 18.4 Å². The van der Waals surface area contributed by atoms with Crippen LogP contribution >= 0.6 is 11.6 Å². The minimum absolute atomic E-state index is 0.247. The van der Waals surface area contributed by atoms with Crippen LogP contribution in [0.3, 0.4) is 0 Å². The summed E-state index contributed by atoms with van der Waals surface area (Å²) in [5.41, 5.74) is 3.90. The Hall–Kier alpha value is -2.05. The second-order valence-electron chi connectivity index (χ2n) is 5.56. The molecule has 1 aromatic carbocycles. The van der Waals surface area contributed by atoms with Crippen molar-refractivity contribution in [1.82, 2.24) is 9.55 Å². The van der Waals surface area contributed by atoms with Gasteiger partial charge in [-0.3, -0.25) is 4.57 Å². The zero-order chi connectivity index (χ0) is 14.4. The van der Waals surface area contributed by atoms with Crippen LogP contribution in [0.25, 0.3) is 11.3 Å². The molecule has 1 aliphatic carbocycles. The Labute approximate surface area is 127 Å². The molecule has 3 nitrogen and oxygen atoms in total. The molecule has 104 valence electrons. The number of fused-ring (bicyclic) bond motifs is 3. The van der Waals surface area contributed by atoms with E-state index < -0.39 is 0 Å². The summed E-state index contributed by atoms with van der Waals surface area (Å²) in [7, 11) is 0. The van der Waals surface area contributed by atoms with Crippen molar-refractivity contribution in [2.24, 2.45) is 5.92 Å². The first-order valence-electron chi connectivity index (χ1n) is 7.13. The van der Waals surface area contributed by atoms with Crippen molar-refractivity contribution in [1.29, 1.82) is 0 Å². The molecule has 21 heavy (non-hydrogen) atoms. The third-order valence-corrected chi connectivity index (χ3v) is 4.16. The molecular weight excluding hydrogens is 284 g/mol. The monoisotopic (exact) mass is 296 g/mol. The summed E-state index contributed by atoms with van der Waals surface area (Å²) in [5, 5.41) is 0.247. The van der Waals surface area contributed by atoms with Gasteiger partial charge in [-0.1, -0.05) is 29.5 Å². The van der Waals surface area contributed by atoms with Gasteiger partial charge in [-0.05, 0) is 37.0 Å². The van der Waals surface area contributed by atoms with E-state index in [9.17, 15) is 4.79 Å². The van der Waals surface area contributed by atoms with Crippen LogP contribution in [0.4, 0.5) is 0 Å². The highest BCUT2D eigenvalue weighted by Crippen LogP contribution is 2.30. The molecule has 1 aromatic heterocycles. The Morgan fingerprint density at radius 3 is 2.95 bits per heavy atom. The van der Waals surface area contributed by atoms with Crippen LogP contribution in [0.15, 0.2) is 29.1 Å². The Morgan fingerprint density at radius 2 is 2.14 bits per heavy atom. The number of nitrogens with zero attached hydrogens (tertiary/aromatic N) is 2. The molecule has 0 amide bonds. The van der Waals surface area contributed by atoms with Gasteiger partial charge in [0.25, 0.3) is 0 Å². The molecule has 1 saturated carbocycles. The normalized spacial score (nSPS) is 15.7. The molecule has 0 atom stereocenters. The van der Waals surface area contributed by atoms with E-state index in [1.54, 1.807) is 10.6 Å². The Balaban J connectivity index is 1.81. The van der Waals surface area contributed by atoms with E-state index in [0.717, 1.165) is 23.2 Å². The molecule has 0 spiro atoms. The molecular formula is C17H13ClN2O. The lowest BCUT2D eigenvalue weighted by Gasteiger charge is -2.21. The smallest absolute Gasteiger partial charge is 0.291 e. The number of benzene rings is 1. The molecule has 2 aromatic rings. The second-order valence-corrected chi connectivity index (χ2v) is 5.95. The van der Waals surface area contributed by atoms with Crippen molar-refractivity contribution in [2.75, 3.05) is 0 Å². The van der Waals surface area contributed by atoms with Gasteiger partial charge in [-0.25, -0.2) is 4.79 Å². The minimum atomic E-state index is -0.277. The standard InChI is InChI=1S/C17H13ClN2O/c18-16-10-15-14-6-5-12(4-3-11-1-2-11)9-13(14)7-8-20(15)17(21)19-16/h5-6,9-11H,1-2,7-8H2. The first-order chi connectivity index (χ1) is 10.2. The van der Waals surface area contributed by atoms with Gasteiger partial charge in [-0.15, -0.1) is 0 Å². The lowest BCUT2D eigenvalue weighted by molar-refractivity contribution is 0.640. The van der Waals surface area contributed by atoms with Gasteiger partial charge in [0.1, 0.15) is 5.15 Å². The molecule has 0 bridgehead atoms. The molecule has 0 N–H and O–H groups in total. The Morgan fingerprint density at radius 1 is 1.29 bits per heavy atom. The predicted octanol–water partition coefficient (Wildman–Crippen LogP) is 2.88. The molecule has 0 radical (unpaired) electrons. The van der Waals surface area contributed by atoms with E-state index >= 15 is 0 Å². The van der Waals surface area contributed by atoms with Crippen molar-refractivity contribution in [3.05, 3.63) is 51.0 Å². The second kappa shape index (κ2) is 4.75. The van der Waals surface area contributed by atoms with Crippen molar-refractivity contribution < 1.29 is 0 Å². The predicted molar refractivity (Wildman–Crippen MR) is 82.2 cm³/mol. The summed E-state index contributed by atoms with van der Waals surface area (Å²) >= 11 is 5.92. The summed E-state index contributed by atoms with van der Waals surface area (Å²) in [6.45, 7) is 0.644. The lowest BCUT2D eigenvalue weighted by atomic mass is 9.96. The number of aromatic nitrogens is 2. The van der Waals surface area contributed by atoms with Crippen molar-refractivity contribution >= 4 is 11.6 Å². The van der Waals surface area contributed by atoms with Crippen LogP contribution in [0.2, 0.25) is 5.15 Å². The van der Waals surface area contributed by atoms with Crippen LogP contribution in [-0.2, 0) is 13.0 Å². The molecule has 4 rings (SSSR count). The number of halogens is 1. The van der Waals surface area contributed by atoms with E-state index in [-0.39, 0.29) is 10.8 Å². The maximum Gasteiger partial charge on any atom is 0.349 e. The molecule has 1 fully saturated rings. The number of rotatable bonds is 0. The highest BCUT2D eigenvalue weighted by molar-refractivity contribution is 6.29. The van der Waals surface area contributed by atoms with Crippen LogP contribution in [0, 0.1) is 17.8 Å². The summed E-state index contributed by atoms with van der Waals surface area (Å²) in [5.74, 6) is 7.13. The van der Waals surface area contributed by atoms with Gasteiger partial charge in [0.2, 0.25) is 0 Å². The Bertz CT molecular complexity index is 853. The van der Waals surface area contributed by atoms with Crippen LogP contribution in [-0.4, -0.2) is 9.55 Å². The number of aryl methyl sites for hydroxylation is 1. The average molecular weight is 297 g/mol. The lowest BCUT2D eigenvalue weighted by Crippen LogP contribution is -2.28. The maximum absolute atomic E-state index is 11.9. The maximum atomic E-state index is 11.9. The topological polar surface area (TPSA) is 34.9 Å².